The number of hydrogen-bond acceptors (Lipinski definition) is 1. The number of benzene rings is 1. The minimum Gasteiger partial charge on any atom is -0.314 e. The van der Waals surface area contributed by atoms with Gasteiger partial charge in [0.05, 0.1) is 0 Å². The molecule has 0 radical (unpaired) electrons. The van der Waals surface area contributed by atoms with E-state index in [1.807, 2.05) is 12.1 Å². The molecule has 2 bridgehead atoms. The first kappa shape index (κ1) is 11.6. The molecular weight excluding hydrogens is 230 g/mol. The lowest BCUT2D eigenvalue weighted by molar-refractivity contribution is 0.0835. The van der Waals surface area contributed by atoms with Gasteiger partial charge in [-0.3, -0.25) is 0 Å². The van der Waals surface area contributed by atoms with Crippen LogP contribution in [0.5, 0.6) is 0 Å². The van der Waals surface area contributed by atoms with Gasteiger partial charge >= 0.3 is 0 Å². The zero-order chi connectivity index (χ0) is 11.9. The van der Waals surface area contributed by atoms with Gasteiger partial charge in [0.25, 0.3) is 0 Å². The number of fused-ring (bicyclic) bond motifs is 3. The highest BCUT2D eigenvalue weighted by Crippen LogP contribution is 2.53. The van der Waals surface area contributed by atoms with Crippen molar-refractivity contribution in [3.63, 3.8) is 0 Å². The fraction of sp³-hybridized carbons (Fsp3) is 0.600. The van der Waals surface area contributed by atoms with Crippen LogP contribution in [0.3, 0.4) is 0 Å². The summed E-state index contributed by atoms with van der Waals surface area (Å²) in [4.78, 5) is 0. The van der Waals surface area contributed by atoms with E-state index in [0.717, 1.165) is 5.02 Å². The van der Waals surface area contributed by atoms with Gasteiger partial charge < -0.3 is 5.32 Å². The normalized spacial score (nSPS) is 36.1. The molecule has 1 aromatic rings. The topological polar surface area (TPSA) is 12.0 Å². The smallest absolute Gasteiger partial charge is 0.0406 e. The van der Waals surface area contributed by atoms with E-state index >= 15 is 0 Å². The molecule has 1 aromatic carbocycles. The largest absolute Gasteiger partial charge is 0.314 e. The summed E-state index contributed by atoms with van der Waals surface area (Å²) in [5.41, 5.74) is 2.41. The average molecular weight is 250 g/mol. The van der Waals surface area contributed by atoms with Crippen LogP contribution in [-0.2, 0) is 5.41 Å². The molecule has 3 aliphatic rings. The molecule has 2 heteroatoms. The fourth-order valence-corrected chi connectivity index (χ4v) is 3.92. The molecule has 0 heterocycles. The minimum atomic E-state index is 0.448. The van der Waals surface area contributed by atoms with Crippen molar-refractivity contribution in [1.82, 2.24) is 5.32 Å². The summed E-state index contributed by atoms with van der Waals surface area (Å²) in [5.74, 6) is 0. The summed E-state index contributed by atoms with van der Waals surface area (Å²) in [5, 5.41) is 4.41. The Labute approximate surface area is 109 Å². The zero-order valence-electron chi connectivity index (χ0n) is 10.4. The summed E-state index contributed by atoms with van der Waals surface area (Å²) in [7, 11) is 2.13. The Morgan fingerprint density at radius 1 is 0.941 bits per heavy atom. The van der Waals surface area contributed by atoms with Gasteiger partial charge in [0.2, 0.25) is 0 Å². The lowest BCUT2D eigenvalue weighted by Gasteiger charge is -2.54. The molecule has 1 nitrogen and oxygen atoms in total. The van der Waals surface area contributed by atoms with Crippen molar-refractivity contribution in [1.29, 1.82) is 0 Å². The monoisotopic (exact) mass is 249 g/mol. The highest BCUT2D eigenvalue weighted by molar-refractivity contribution is 6.30. The number of hydrogen-bond donors (Lipinski definition) is 1. The lowest BCUT2D eigenvalue weighted by atomic mass is 9.55. The quantitative estimate of drug-likeness (QED) is 0.838. The predicted molar refractivity (Wildman–Crippen MR) is 72.6 cm³/mol. The van der Waals surface area contributed by atoms with Crippen molar-refractivity contribution in [2.45, 2.75) is 49.5 Å². The molecule has 0 unspecified atom stereocenters. The van der Waals surface area contributed by atoms with Crippen LogP contribution in [0.1, 0.15) is 44.1 Å². The van der Waals surface area contributed by atoms with E-state index in [0.29, 0.717) is 11.0 Å². The summed E-state index contributed by atoms with van der Waals surface area (Å²) in [6.45, 7) is 0. The molecule has 92 valence electrons. The van der Waals surface area contributed by atoms with E-state index < -0.39 is 0 Å². The van der Waals surface area contributed by atoms with Gasteiger partial charge in [-0.25, -0.2) is 0 Å². The lowest BCUT2D eigenvalue weighted by Crippen LogP contribution is -2.54. The highest BCUT2D eigenvalue weighted by Gasteiger charge is 2.48. The molecule has 0 amide bonds. The SMILES string of the molecule is CNC12CCC(c3ccc(Cl)cc3)(CC1)CC2. The second-order valence-electron chi connectivity index (χ2n) is 5.82. The second kappa shape index (κ2) is 4.00. The standard InChI is InChI=1S/C15H20ClN/c1-17-15-9-6-14(7-10-15,8-11-15)12-2-4-13(16)5-3-12/h2-5,17H,6-11H2,1H3. The van der Waals surface area contributed by atoms with Gasteiger partial charge in [-0.1, -0.05) is 23.7 Å². The van der Waals surface area contributed by atoms with Gasteiger partial charge in [-0.2, -0.15) is 0 Å². The van der Waals surface area contributed by atoms with Crippen LogP contribution in [0, 0.1) is 0 Å². The van der Waals surface area contributed by atoms with E-state index in [1.54, 1.807) is 0 Å². The van der Waals surface area contributed by atoms with Gasteiger partial charge in [0.15, 0.2) is 0 Å². The third-order valence-corrected chi connectivity index (χ3v) is 5.49. The van der Waals surface area contributed by atoms with Crippen LogP contribution < -0.4 is 5.32 Å². The van der Waals surface area contributed by atoms with Gasteiger partial charge in [-0.05, 0) is 68.7 Å². The van der Waals surface area contributed by atoms with Crippen LogP contribution in [0.4, 0.5) is 0 Å². The second-order valence-corrected chi connectivity index (χ2v) is 6.25. The number of nitrogens with one attached hydrogen (secondary N) is 1. The average Bonchev–Trinajstić information content (AvgIpc) is 2.41. The fourth-order valence-electron chi connectivity index (χ4n) is 3.80. The molecule has 0 aliphatic heterocycles. The predicted octanol–water partition coefficient (Wildman–Crippen LogP) is 3.90. The van der Waals surface area contributed by atoms with Crippen LogP contribution >= 0.6 is 11.6 Å². The van der Waals surface area contributed by atoms with Crippen LogP contribution in [0.25, 0.3) is 0 Å². The van der Waals surface area contributed by atoms with Crippen molar-refractivity contribution in [3.05, 3.63) is 34.9 Å². The summed E-state index contributed by atoms with van der Waals surface area (Å²) >= 11 is 5.98. The van der Waals surface area contributed by atoms with Crippen molar-refractivity contribution in [2.24, 2.45) is 0 Å². The molecule has 4 rings (SSSR count). The van der Waals surface area contributed by atoms with Gasteiger partial charge in [-0.15, -0.1) is 0 Å². The van der Waals surface area contributed by atoms with Crippen molar-refractivity contribution in [2.75, 3.05) is 7.05 Å². The first-order valence-corrected chi connectivity index (χ1v) is 7.01. The van der Waals surface area contributed by atoms with Crippen molar-refractivity contribution < 1.29 is 0 Å². The summed E-state index contributed by atoms with van der Waals surface area (Å²) in [6, 6.07) is 8.56. The molecule has 17 heavy (non-hydrogen) atoms. The molecule has 3 saturated carbocycles. The van der Waals surface area contributed by atoms with Gasteiger partial charge in [0, 0.05) is 10.6 Å². The maximum absolute atomic E-state index is 5.98. The van der Waals surface area contributed by atoms with Gasteiger partial charge in [0.1, 0.15) is 0 Å². The van der Waals surface area contributed by atoms with Crippen LogP contribution in [-0.4, -0.2) is 12.6 Å². The first-order valence-electron chi connectivity index (χ1n) is 6.63. The zero-order valence-corrected chi connectivity index (χ0v) is 11.2. The Morgan fingerprint density at radius 2 is 1.47 bits per heavy atom. The summed E-state index contributed by atoms with van der Waals surface area (Å²) < 4.78 is 0. The van der Waals surface area contributed by atoms with Crippen molar-refractivity contribution in [3.8, 4) is 0 Å². The molecule has 3 fully saturated rings. The molecule has 0 spiro atoms. The number of rotatable bonds is 2. The van der Waals surface area contributed by atoms with E-state index in [2.05, 4.69) is 24.5 Å². The maximum atomic E-state index is 5.98. The van der Waals surface area contributed by atoms with E-state index in [1.165, 1.54) is 44.1 Å². The Kier molecular flexibility index (Phi) is 2.72. The van der Waals surface area contributed by atoms with E-state index in [9.17, 15) is 0 Å². The Balaban J connectivity index is 1.88. The highest BCUT2D eigenvalue weighted by atomic mass is 35.5. The Morgan fingerprint density at radius 3 is 1.94 bits per heavy atom. The molecule has 0 atom stereocenters. The molecule has 0 aromatic heterocycles. The molecule has 0 saturated heterocycles. The number of halogens is 1. The maximum Gasteiger partial charge on any atom is 0.0406 e. The van der Waals surface area contributed by atoms with Crippen LogP contribution in [0.15, 0.2) is 24.3 Å². The first-order chi connectivity index (χ1) is 8.18. The summed E-state index contributed by atoms with van der Waals surface area (Å²) in [6.07, 6.45) is 7.96. The van der Waals surface area contributed by atoms with Crippen molar-refractivity contribution >= 4 is 11.6 Å². The van der Waals surface area contributed by atoms with E-state index in [4.69, 9.17) is 11.6 Å². The minimum absolute atomic E-state index is 0.448. The Hall–Kier alpha value is -0.530. The molecule has 3 aliphatic carbocycles. The molecular formula is C15H20ClN. The van der Waals surface area contributed by atoms with E-state index in [-0.39, 0.29) is 0 Å². The third kappa shape index (κ3) is 1.80. The van der Waals surface area contributed by atoms with Crippen LogP contribution in [0.2, 0.25) is 5.02 Å². The Bertz CT molecular complexity index is 385. The molecule has 1 N–H and O–H groups in total. The third-order valence-electron chi connectivity index (χ3n) is 5.23.